The second kappa shape index (κ2) is 7.11. The van der Waals surface area contributed by atoms with Crippen molar-refractivity contribution in [2.75, 3.05) is 5.32 Å². The third kappa shape index (κ3) is 3.98. The third-order valence-electron chi connectivity index (χ3n) is 3.31. The average Bonchev–Trinajstić information content (AvgIpc) is 2.51. The highest BCUT2D eigenvalue weighted by molar-refractivity contribution is 9.10. The van der Waals surface area contributed by atoms with Crippen LogP contribution in [0.2, 0.25) is 0 Å². The molecule has 0 aromatic heterocycles. The second-order valence-corrected chi connectivity index (χ2v) is 5.78. The number of aliphatic imine (C=N–C) groups is 1. The molecule has 0 amide bonds. The number of hydrogen-bond acceptors (Lipinski definition) is 3. The van der Waals surface area contributed by atoms with Crippen molar-refractivity contribution in [2.24, 2.45) is 10.7 Å². The van der Waals surface area contributed by atoms with Crippen LogP contribution in [0.4, 0.5) is 5.69 Å². The van der Waals surface area contributed by atoms with Crippen LogP contribution in [0, 0.1) is 0 Å². The van der Waals surface area contributed by atoms with Crippen LogP contribution in [0.3, 0.4) is 0 Å². The number of rotatable bonds is 5. The fourth-order valence-corrected chi connectivity index (χ4v) is 2.47. The summed E-state index contributed by atoms with van der Waals surface area (Å²) < 4.78 is 1.01. The van der Waals surface area contributed by atoms with E-state index >= 15 is 0 Å². The predicted molar refractivity (Wildman–Crippen MR) is 97.4 cm³/mol. The molecule has 0 heterocycles. The van der Waals surface area contributed by atoms with E-state index < -0.39 is 5.97 Å². The van der Waals surface area contributed by atoms with Gasteiger partial charge in [-0.3, -0.25) is 0 Å². The molecule has 6 heteroatoms. The van der Waals surface area contributed by atoms with E-state index in [0.717, 1.165) is 27.3 Å². The van der Waals surface area contributed by atoms with Gasteiger partial charge in [0.15, 0.2) is 5.70 Å². The van der Waals surface area contributed by atoms with Gasteiger partial charge < -0.3 is 16.2 Å². The van der Waals surface area contributed by atoms with Crippen molar-refractivity contribution in [3.05, 3.63) is 64.4 Å². The highest BCUT2D eigenvalue weighted by Crippen LogP contribution is 2.25. The first kappa shape index (κ1) is 16.8. The summed E-state index contributed by atoms with van der Waals surface area (Å²) in [5, 5.41) is 14.4. The Morgan fingerprint density at radius 3 is 2.61 bits per heavy atom. The minimum Gasteiger partial charge on any atom is -0.477 e. The van der Waals surface area contributed by atoms with Gasteiger partial charge in [-0.2, -0.15) is 0 Å². The summed E-state index contributed by atoms with van der Waals surface area (Å²) in [5.74, 6) is -1.16. The largest absolute Gasteiger partial charge is 0.477 e. The van der Waals surface area contributed by atoms with Crippen LogP contribution < -0.4 is 11.1 Å². The van der Waals surface area contributed by atoms with E-state index in [1.54, 1.807) is 6.92 Å². The summed E-state index contributed by atoms with van der Waals surface area (Å²) in [6, 6.07) is 11.8. The fourth-order valence-electron chi connectivity index (χ4n) is 2.09. The molecule has 0 spiro atoms. The molecule has 0 saturated heterocycles. The molecule has 23 heavy (non-hydrogen) atoms. The molecule has 0 aliphatic rings. The number of benzene rings is 2. The van der Waals surface area contributed by atoms with Crippen molar-refractivity contribution in [1.29, 1.82) is 0 Å². The van der Waals surface area contributed by atoms with Crippen molar-refractivity contribution in [1.82, 2.24) is 0 Å². The van der Waals surface area contributed by atoms with E-state index in [-0.39, 0.29) is 5.70 Å². The lowest BCUT2D eigenvalue weighted by Crippen LogP contribution is -2.08. The Kier molecular flexibility index (Phi) is 5.18. The van der Waals surface area contributed by atoms with Crippen molar-refractivity contribution in [3.8, 4) is 0 Å². The number of allylic oxidation sites excluding steroid dienone is 1. The number of hydrogen-bond donors (Lipinski definition) is 3. The Hall–Kier alpha value is -2.60. The topological polar surface area (TPSA) is 87.7 Å². The van der Waals surface area contributed by atoms with Gasteiger partial charge in [0.05, 0.1) is 6.34 Å². The molecule has 0 bridgehead atoms. The lowest BCUT2D eigenvalue weighted by atomic mass is 10.1. The zero-order valence-electron chi connectivity index (χ0n) is 12.5. The quantitative estimate of drug-likeness (QED) is 0.321. The van der Waals surface area contributed by atoms with Crippen LogP contribution >= 0.6 is 15.9 Å². The van der Waals surface area contributed by atoms with Crippen molar-refractivity contribution >= 4 is 44.7 Å². The van der Waals surface area contributed by atoms with Gasteiger partial charge in [-0.25, -0.2) is 9.79 Å². The molecule has 5 nitrogen and oxygen atoms in total. The van der Waals surface area contributed by atoms with Gasteiger partial charge in [0.1, 0.15) is 0 Å². The number of fused-ring (bicyclic) bond motifs is 1. The van der Waals surface area contributed by atoms with E-state index in [4.69, 9.17) is 10.8 Å². The molecule has 2 aromatic carbocycles. The van der Waals surface area contributed by atoms with E-state index in [1.165, 1.54) is 0 Å². The van der Waals surface area contributed by atoms with Crippen LogP contribution in [0.1, 0.15) is 6.92 Å². The van der Waals surface area contributed by atoms with E-state index in [9.17, 15) is 4.79 Å². The van der Waals surface area contributed by atoms with Gasteiger partial charge in [0.2, 0.25) is 0 Å². The SMILES string of the molecule is C=C(Nc1ccc2cc(Br)ccc2c1)/C(C)=C(\N=C/N)C(=O)O. The monoisotopic (exact) mass is 373 g/mol. The number of aliphatic carboxylic acids is 1. The van der Waals surface area contributed by atoms with Gasteiger partial charge >= 0.3 is 5.97 Å². The summed E-state index contributed by atoms with van der Waals surface area (Å²) in [4.78, 5) is 14.9. The van der Waals surface area contributed by atoms with Crippen LogP contribution in [0.25, 0.3) is 10.8 Å². The Labute approximate surface area is 142 Å². The molecular weight excluding hydrogens is 358 g/mol. The number of nitrogens with two attached hydrogens (primary N) is 1. The summed E-state index contributed by atoms with van der Waals surface area (Å²) in [5.41, 5.74) is 6.72. The van der Waals surface area contributed by atoms with Gasteiger partial charge in [0.25, 0.3) is 0 Å². The highest BCUT2D eigenvalue weighted by atomic mass is 79.9. The molecule has 4 N–H and O–H groups in total. The van der Waals surface area contributed by atoms with Crippen LogP contribution in [0.5, 0.6) is 0 Å². The van der Waals surface area contributed by atoms with Gasteiger partial charge in [0, 0.05) is 21.4 Å². The van der Waals surface area contributed by atoms with Crippen LogP contribution in [-0.2, 0) is 4.79 Å². The molecular formula is C17H16BrN3O2. The van der Waals surface area contributed by atoms with E-state index in [0.29, 0.717) is 11.3 Å². The number of halogens is 1. The standard InChI is InChI=1S/C17H16BrN3O2/c1-10(16(17(22)23)20-9-19)11(2)21-15-6-4-12-7-14(18)5-3-13(12)8-15/h3-9,21H,2H2,1H3,(H2,19,20)(H,22,23)/b16-10-. The number of anilines is 1. The second-order valence-electron chi connectivity index (χ2n) is 4.87. The number of carboxylic acids is 1. The van der Waals surface area contributed by atoms with Crippen LogP contribution in [0.15, 0.2) is 69.4 Å². The van der Waals surface area contributed by atoms with Gasteiger partial charge in [-0.1, -0.05) is 34.6 Å². The van der Waals surface area contributed by atoms with Crippen molar-refractivity contribution in [3.63, 3.8) is 0 Å². The highest BCUT2D eigenvalue weighted by Gasteiger charge is 2.12. The maximum Gasteiger partial charge on any atom is 0.354 e. The smallest absolute Gasteiger partial charge is 0.354 e. The Bertz CT molecular complexity index is 841. The Balaban J connectivity index is 2.31. The number of carboxylic acid groups (broad SMARTS) is 1. The third-order valence-corrected chi connectivity index (χ3v) is 3.80. The van der Waals surface area contributed by atoms with Gasteiger partial charge in [-0.15, -0.1) is 0 Å². The molecule has 118 valence electrons. The maximum absolute atomic E-state index is 11.2. The molecule has 0 aliphatic heterocycles. The first-order valence-electron chi connectivity index (χ1n) is 6.76. The molecule has 0 unspecified atom stereocenters. The van der Waals surface area contributed by atoms with Crippen molar-refractivity contribution < 1.29 is 9.90 Å². The fraction of sp³-hybridized carbons (Fsp3) is 0.0588. The Morgan fingerprint density at radius 2 is 1.96 bits per heavy atom. The first-order valence-corrected chi connectivity index (χ1v) is 7.55. The maximum atomic E-state index is 11.2. The lowest BCUT2D eigenvalue weighted by molar-refractivity contribution is -0.132. The predicted octanol–water partition coefficient (Wildman–Crippen LogP) is 3.87. The molecule has 0 aliphatic carbocycles. The molecule has 0 fully saturated rings. The number of nitrogens with zero attached hydrogens (tertiary/aromatic N) is 1. The minimum atomic E-state index is -1.16. The van der Waals surface area contributed by atoms with E-state index in [2.05, 4.69) is 32.8 Å². The summed E-state index contributed by atoms with van der Waals surface area (Å²) in [6.07, 6.45) is 0.952. The molecule has 0 radical (unpaired) electrons. The Morgan fingerprint density at radius 1 is 1.30 bits per heavy atom. The number of nitrogens with one attached hydrogen (secondary N) is 1. The normalized spacial score (nSPS) is 12.3. The summed E-state index contributed by atoms with van der Waals surface area (Å²) >= 11 is 3.44. The molecule has 2 aromatic rings. The summed E-state index contributed by atoms with van der Waals surface area (Å²) in [6.45, 7) is 5.50. The van der Waals surface area contributed by atoms with Crippen molar-refractivity contribution in [2.45, 2.75) is 6.92 Å². The summed E-state index contributed by atoms with van der Waals surface area (Å²) in [7, 11) is 0. The number of carbonyl (C=O) groups is 1. The van der Waals surface area contributed by atoms with Crippen LogP contribution in [-0.4, -0.2) is 17.4 Å². The lowest BCUT2D eigenvalue weighted by Gasteiger charge is -2.12. The zero-order valence-corrected chi connectivity index (χ0v) is 14.1. The molecule has 0 saturated carbocycles. The average molecular weight is 374 g/mol. The van der Waals surface area contributed by atoms with E-state index in [1.807, 2.05) is 36.4 Å². The molecule has 2 rings (SSSR count). The minimum absolute atomic E-state index is 0.144. The zero-order chi connectivity index (χ0) is 17.0. The first-order chi connectivity index (χ1) is 10.9. The van der Waals surface area contributed by atoms with Gasteiger partial charge in [-0.05, 0) is 42.0 Å². The molecule has 0 atom stereocenters.